The van der Waals surface area contributed by atoms with E-state index in [-0.39, 0.29) is 5.91 Å². The number of rotatable bonds is 7. The molecule has 0 radical (unpaired) electrons. The Balaban J connectivity index is 1.53. The van der Waals surface area contributed by atoms with Crippen molar-refractivity contribution >= 4 is 34.5 Å². The van der Waals surface area contributed by atoms with Gasteiger partial charge in [0.1, 0.15) is 5.82 Å². The number of hydrogen-bond acceptors (Lipinski definition) is 6. The van der Waals surface area contributed by atoms with Gasteiger partial charge in [0.2, 0.25) is 0 Å². The summed E-state index contributed by atoms with van der Waals surface area (Å²) in [7, 11) is 0. The summed E-state index contributed by atoms with van der Waals surface area (Å²) < 4.78 is 1.87. The van der Waals surface area contributed by atoms with Crippen LogP contribution in [0.5, 0.6) is 0 Å². The largest absolute Gasteiger partial charge is 0.356 e. The van der Waals surface area contributed by atoms with Crippen molar-refractivity contribution in [2.24, 2.45) is 0 Å². The molecule has 7 nitrogen and oxygen atoms in total. The highest BCUT2D eigenvalue weighted by molar-refractivity contribution is 7.99. The van der Waals surface area contributed by atoms with E-state index < -0.39 is 0 Å². The number of nitrogens with one attached hydrogen (secondary N) is 1. The maximum absolute atomic E-state index is 12.4. The van der Waals surface area contributed by atoms with E-state index in [9.17, 15) is 4.79 Å². The van der Waals surface area contributed by atoms with E-state index in [1.807, 2.05) is 42.1 Å². The third-order valence-electron chi connectivity index (χ3n) is 5.13. The Morgan fingerprint density at radius 2 is 2.00 bits per heavy atom. The lowest BCUT2D eigenvalue weighted by Gasteiger charge is -2.17. The van der Waals surface area contributed by atoms with E-state index in [2.05, 4.69) is 22.2 Å². The zero-order valence-corrected chi connectivity index (χ0v) is 17.7. The lowest BCUT2D eigenvalue weighted by Crippen LogP contribution is -2.28. The van der Waals surface area contributed by atoms with Crippen LogP contribution in [0.25, 0.3) is 11.0 Å². The summed E-state index contributed by atoms with van der Waals surface area (Å²) >= 11 is 1.64. The smallest absolute Gasteiger partial charge is 0.251 e. The number of benzene rings is 1. The van der Waals surface area contributed by atoms with Gasteiger partial charge >= 0.3 is 0 Å². The van der Waals surface area contributed by atoms with Crippen LogP contribution in [-0.4, -0.2) is 51.0 Å². The summed E-state index contributed by atoms with van der Waals surface area (Å²) in [4.78, 5) is 24.3. The number of aromatic nitrogens is 4. The highest BCUT2D eigenvalue weighted by atomic mass is 32.2. The number of hydrogen-bond donors (Lipinski definition) is 1. The molecule has 8 heteroatoms. The molecule has 4 rings (SSSR count). The van der Waals surface area contributed by atoms with Crippen molar-refractivity contribution in [1.82, 2.24) is 25.1 Å². The summed E-state index contributed by atoms with van der Waals surface area (Å²) in [6.45, 7) is 7.16. The monoisotopic (exact) mass is 410 g/mol. The van der Waals surface area contributed by atoms with Crippen molar-refractivity contribution in [3.8, 4) is 0 Å². The Bertz CT molecular complexity index is 1010. The maximum Gasteiger partial charge on any atom is 0.251 e. The fraction of sp³-hybridized carbons (Fsp3) is 0.429. The number of carbonyl (C=O) groups is 1. The first-order valence-electron chi connectivity index (χ1n) is 10.1. The zero-order chi connectivity index (χ0) is 20.2. The third kappa shape index (κ3) is 4.22. The maximum atomic E-state index is 12.4. The van der Waals surface area contributed by atoms with Crippen LogP contribution in [0.1, 0.15) is 35.7 Å². The van der Waals surface area contributed by atoms with Crippen LogP contribution in [0.15, 0.2) is 35.6 Å². The summed E-state index contributed by atoms with van der Waals surface area (Å²) in [6, 6.07) is 7.61. The van der Waals surface area contributed by atoms with Crippen LogP contribution in [0.2, 0.25) is 0 Å². The van der Waals surface area contributed by atoms with Crippen LogP contribution in [-0.2, 0) is 6.54 Å². The summed E-state index contributed by atoms with van der Waals surface area (Å²) in [5, 5.41) is 9.30. The molecule has 0 bridgehead atoms. The molecule has 1 fully saturated rings. The van der Waals surface area contributed by atoms with Gasteiger partial charge in [-0.15, -0.1) is 0 Å². The van der Waals surface area contributed by atoms with Gasteiger partial charge < -0.3 is 10.2 Å². The molecule has 0 atom stereocenters. The standard InChI is InChI=1S/C21H26N6OS/c1-3-29-21-24-18(26-11-6-7-12-26)17-14-23-27(19(17)25-21)13-10-22-20(28)16-9-5-4-8-15(16)2/h4-5,8-9,14H,3,6-7,10-13H2,1-2H3,(H,22,28). The Labute approximate surface area is 174 Å². The summed E-state index contributed by atoms with van der Waals surface area (Å²) in [5.41, 5.74) is 2.51. The van der Waals surface area contributed by atoms with Crippen molar-refractivity contribution < 1.29 is 4.79 Å². The van der Waals surface area contributed by atoms with Gasteiger partial charge in [-0.3, -0.25) is 4.79 Å². The van der Waals surface area contributed by atoms with E-state index in [1.54, 1.807) is 11.8 Å². The average molecular weight is 411 g/mol. The number of amides is 1. The van der Waals surface area contributed by atoms with Gasteiger partial charge in [0, 0.05) is 25.2 Å². The minimum Gasteiger partial charge on any atom is -0.356 e. The summed E-state index contributed by atoms with van der Waals surface area (Å²) in [6.07, 6.45) is 4.24. The van der Waals surface area contributed by atoms with E-state index in [0.29, 0.717) is 18.7 Å². The van der Waals surface area contributed by atoms with Crippen LogP contribution in [0.4, 0.5) is 5.82 Å². The van der Waals surface area contributed by atoms with E-state index in [0.717, 1.165) is 46.4 Å². The first-order chi connectivity index (χ1) is 14.2. The number of nitrogens with zero attached hydrogens (tertiary/aromatic N) is 5. The van der Waals surface area contributed by atoms with Crippen molar-refractivity contribution in [3.05, 3.63) is 41.6 Å². The van der Waals surface area contributed by atoms with Gasteiger partial charge in [-0.25, -0.2) is 14.6 Å². The van der Waals surface area contributed by atoms with Crippen LogP contribution in [0, 0.1) is 6.92 Å². The van der Waals surface area contributed by atoms with Crippen molar-refractivity contribution in [2.45, 2.75) is 38.4 Å². The number of thioether (sulfide) groups is 1. The molecule has 1 aliphatic heterocycles. The molecule has 0 spiro atoms. The molecule has 1 N–H and O–H groups in total. The first kappa shape index (κ1) is 19.7. The normalized spacial score (nSPS) is 13.9. The minimum absolute atomic E-state index is 0.0610. The number of anilines is 1. The fourth-order valence-electron chi connectivity index (χ4n) is 3.65. The second-order valence-electron chi connectivity index (χ2n) is 7.13. The Morgan fingerprint density at radius 3 is 2.76 bits per heavy atom. The highest BCUT2D eigenvalue weighted by Crippen LogP contribution is 2.29. The zero-order valence-electron chi connectivity index (χ0n) is 16.9. The lowest BCUT2D eigenvalue weighted by molar-refractivity contribution is 0.0951. The number of carbonyl (C=O) groups excluding carboxylic acids is 1. The molecule has 0 saturated carbocycles. The Hall–Kier alpha value is -2.61. The Morgan fingerprint density at radius 1 is 1.21 bits per heavy atom. The lowest BCUT2D eigenvalue weighted by atomic mass is 10.1. The molecule has 152 valence electrons. The molecule has 1 saturated heterocycles. The second kappa shape index (κ2) is 8.82. The predicted molar refractivity (Wildman–Crippen MR) is 117 cm³/mol. The van der Waals surface area contributed by atoms with Gasteiger partial charge in [-0.05, 0) is 37.1 Å². The molecule has 1 aromatic carbocycles. The predicted octanol–water partition coefficient (Wildman–Crippen LogP) is 3.28. The molecular weight excluding hydrogens is 384 g/mol. The van der Waals surface area contributed by atoms with Gasteiger partial charge in [0.25, 0.3) is 5.91 Å². The van der Waals surface area contributed by atoms with E-state index >= 15 is 0 Å². The Kier molecular flexibility index (Phi) is 5.99. The number of aryl methyl sites for hydroxylation is 1. The highest BCUT2D eigenvalue weighted by Gasteiger charge is 2.20. The molecule has 1 amide bonds. The average Bonchev–Trinajstić information content (AvgIpc) is 3.38. The van der Waals surface area contributed by atoms with E-state index in [4.69, 9.17) is 9.97 Å². The van der Waals surface area contributed by atoms with Gasteiger partial charge in [-0.2, -0.15) is 5.10 Å². The van der Waals surface area contributed by atoms with Crippen molar-refractivity contribution in [3.63, 3.8) is 0 Å². The molecule has 29 heavy (non-hydrogen) atoms. The van der Waals surface area contributed by atoms with E-state index in [1.165, 1.54) is 12.8 Å². The SMILES string of the molecule is CCSc1nc(N2CCCC2)c2cnn(CCNC(=O)c3ccccc3C)c2n1. The molecular formula is C21H26N6OS. The van der Waals surface area contributed by atoms with Gasteiger partial charge in [0.15, 0.2) is 10.8 Å². The fourth-order valence-corrected chi connectivity index (χ4v) is 4.21. The van der Waals surface area contributed by atoms with Crippen LogP contribution < -0.4 is 10.2 Å². The first-order valence-corrected chi connectivity index (χ1v) is 11.1. The third-order valence-corrected chi connectivity index (χ3v) is 5.86. The molecule has 2 aromatic heterocycles. The van der Waals surface area contributed by atoms with Gasteiger partial charge in [0.05, 0.1) is 18.1 Å². The molecule has 0 unspecified atom stereocenters. The summed E-state index contributed by atoms with van der Waals surface area (Å²) in [5.74, 6) is 1.85. The topological polar surface area (TPSA) is 75.9 Å². The minimum atomic E-state index is -0.0610. The van der Waals surface area contributed by atoms with Crippen LogP contribution >= 0.6 is 11.8 Å². The van der Waals surface area contributed by atoms with Crippen molar-refractivity contribution in [2.75, 3.05) is 30.3 Å². The number of fused-ring (bicyclic) bond motifs is 1. The van der Waals surface area contributed by atoms with Gasteiger partial charge in [-0.1, -0.05) is 36.9 Å². The van der Waals surface area contributed by atoms with Crippen molar-refractivity contribution in [1.29, 1.82) is 0 Å². The molecule has 3 heterocycles. The second-order valence-corrected chi connectivity index (χ2v) is 8.36. The quantitative estimate of drug-likeness (QED) is 0.476. The molecule has 0 aliphatic carbocycles. The molecule has 3 aromatic rings. The van der Waals surface area contributed by atoms with Crippen LogP contribution in [0.3, 0.4) is 0 Å². The molecule has 1 aliphatic rings.